The number of rotatable bonds is 2. The maximum atomic E-state index is 12.7. The predicted octanol–water partition coefficient (Wildman–Crippen LogP) is 2.48. The van der Waals surface area contributed by atoms with Gasteiger partial charge in [0.05, 0.1) is 9.37 Å². The second kappa shape index (κ2) is 5.31. The van der Waals surface area contributed by atoms with Crippen LogP contribution in [0, 0.1) is 20.8 Å². The molecule has 7 heteroatoms. The van der Waals surface area contributed by atoms with E-state index in [2.05, 4.69) is 15.9 Å². The van der Waals surface area contributed by atoms with Crippen LogP contribution in [0.25, 0.3) is 0 Å². The molecule has 0 spiro atoms. The van der Waals surface area contributed by atoms with Gasteiger partial charge in [-0.1, -0.05) is 17.7 Å². The van der Waals surface area contributed by atoms with E-state index in [1.165, 1.54) is 6.07 Å². The fourth-order valence-corrected chi connectivity index (χ4v) is 4.29. The molecule has 0 fully saturated rings. The summed E-state index contributed by atoms with van der Waals surface area (Å²) in [6, 6.07) is 4.79. The van der Waals surface area contributed by atoms with Crippen molar-refractivity contribution in [3.63, 3.8) is 0 Å². The minimum atomic E-state index is -4.06. The first-order valence-corrected chi connectivity index (χ1v) is 8.33. The largest absolute Gasteiger partial charge is 0.502 e. The Kier molecular flexibility index (Phi) is 3.99. The summed E-state index contributed by atoms with van der Waals surface area (Å²) in [7, 11) is -4.06. The summed E-state index contributed by atoms with van der Waals surface area (Å²) in [5.74, 6) is -0.636. The standard InChI is InChI=1S/C14H14BrNO4S/c1-8-6-9(2)13(10(3)7-8)21(19,20)16-5-4-11(15)12(17)14(16)18/h4-7,17H,1-3H3. The Balaban J connectivity index is 2.82. The lowest BCUT2D eigenvalue weighted by molar-refractivity contribution is 0.460. The number of hydrogen-bond donors (Lipinski definition) is 1. The topological polar surface area (TPSA) is 76.4 Å². The molecule has 0 bridgehead atoms. The number of hydrogen-bond acceptors (Lipinski definition) is 4. The van der Waals surface area contributed by atoms with Gasteiger partial charge in [0.15, 0.2) is 5.75 Å². The van der Waals surface area contributed by atoms with Crippen molar-refractivity contribution in [3.8, 4) is 5.75 Å². The first-order chi connectivity index (χ1) is 9.66. The molecule has 21 heavy (non-hydrogen) atoms. The molecule has 1 aromatic heterocycles. The van der Waals surface area contributed by atoms with Crippen LogP contribution in [-0.2, 0) is 10.0 Å². The number of aromatic nitrogens is 1. The normalized spacial score (nSPS) is 11.6. The van der Waals surface area contributed by atoms with Gasteiger partial charge >= 0.3 is 5.56 Å². The lowest BCUT2D eigenvalue weighted by Crippen LogP contribution is -2.27. The van der Waals surface area contributed by atoms with Gasteiger partial charge in [0.25, 0.3) is 10.0 Å². The number of nitrogens with zero attached hydrogens (tertiary/aromatic N) is 1. The average Bonchev–Trinajstić information content (AvgIpc) is 2.33. The summed E-state index contributed by atoms with van der Waals surface area (Å²) in [5.41, 5.74) is 1.07. The number of aromatic hydroxyl groups is 1. The molecule has 2 aromatic rings. The van der Waals surface area contributed by atoms with Crippen molar-refractivity contribution in [2.24, 2.45) is 0 Å². The van der Waals surface area contributed by atoms with Gasteiger partial charge < -0.3 is 5.11 Å². The molecule has 0 amide bonds. The third kappa shape index (κ3) is 2.63. The lowest BCUT2D eigenvalue weighted by atomic mass is 10.1. The van der Waals surface area contributed by atoms with Crippen LogP contribution in [0.4, 0.5) is 0 Å². The zero-order valence-electron chi connectivity index (χ0n) is 11.7. The molecule has 0 unspecified atom stereocenters. The van der Waals surface area contributed by atoms with E-state index in [1.807, 2.05) is 6.92 Å². The Morgan fingerprint density at radius 2 is 1.67 bits per heavy atom. The maximum absolute atomic E-state index is 12.7. The van der Waals surface area contributed by atoms with Gasteiger partial charge in [-0.15, -0.1) is 0 Å². The summed E-state index contributed by atoms with van der Waals surface area (Å²) in [6.07, 6.45) is 1.13. The Morgan fingerprint density at radius 3 is 2.19 bits per heavy atom. The van der Waals surface area contributed by atoms with Crippen LogP contribution in [0.5, 0.6) is 5.75 Å². The first kappa shape index (κ1) is 15.8. The van der Waals surface area contributed by atoms with Crippen LogP contribution in [0.3, 0.4) is 0 Å². The molecule has 1 N–H and O–H groups in total. The molecule has 0 radical (unpaired) electrons. The highest BCUT2D eigenvalue weighted by Gasteiger charge is 2.24. The molecule has 1 heterocycles. The van der Waals surface area contributed by atoms with Crippen molar-refractivity contribution in [3.05, 3.63) is 55.9 Å². The summed E-state index contributed by atoms with van der Waals surface area (Å²) in [6.45, 7) is 5.22. The van der Waals surface area contributed by atoms with E-state index < -0.39 is 21.3 Å². The number of aryl methyl sites for hydroxylation is 3. The van der Waals surface area contributed by atoms with E-state index in [0.29, 0.717) is 15.1 Å². The Bertz CT molecular complexity index is 861. The van der Waals surface area contributed by atoms with Gasteiger partial charge in [-0.2, -0.15) is 0 Å². The zero-order valence-corrected chi connectivity index (χ0v) is 14.1. The van der Waals surface area contributed by atoms with Crippen molar-refractivity contribution in [2.45, 2.75) is 25.7 Å². The molecule has 0 aliphatic heterocycles. The molecule has 0 aliphatic rings. The molecule has 0 atom stereocenters. The summed E-state index contributed by atoms with van der Waals surface area (Å²) in [4.78, 5) is 12.1. The SMILES string of the molecule is Cc1cc(C)c(S(=O)(=O)n2ccc(Br)c(O)c2=O)c(C)c1. The lowest BCUT2D eigenvalue weighted by Gasteiger charge is -2.14. The average molecular weight is 372 g/mol. The molecular weight excluding hydrogens is 358 g/mol. The smallest absolute Gasteiger partial charge is 0.307 e. The number of pyridine rings is 1. The fourth-order valence-electron chi connectivity index (χ4n) is 2.35. The minimum Gasteiger partial charge on any atom is -0.502 e. The van der Waals surface area contributed by atoms with Crippen LogP contribution >= 0.6 is 15.9 Å². The summed E-state index contributed by atoms with van der Waals surface area (Å²) >= 11 is 2.98. The van der Waals surface area contributed by atoms with E-state index in [9.17, 15) is 18.3 Å². The molecule has 1 aromatic carbocycles. The fraction of sp³-hybridized carbons (Fsp3) is 0.214. The highest BCUT2D eigenvalue weighted by molar-refractivity contribution is 9.10. The molecule has 0 saturated heterocycles. The van der Waals surface area contributed by atoms with Crippen molar-refractivity contribution < 1.29 is 13.5 Å². The molecular formula is C14H14BrNO4S. The third-order valence-electron chi connectivity index (χ3n) is 3.11. The Morgan fingerprint density at radius 1 is 1.14 bits per heavy atom. The van der Waals surface area contributed by atoms with E-state index in [4.69, 9.17) is 0 Å². The zero-order chi connectivity index (χ0) is 15.9. The van der Waals surface area contributed by atoms with Crippen LogP contribution in [0.2, 0.25) is 0 Å². The van der Waals surface area contributed by atoms with E-state index in [-0.39, 0.29) is 9.37 Å². The van der Waals surface area contributed by atoms with Crippen LogP contribution in [0.15, 0.2) is 38.6 Å². The van der Waals surface area contributed by atoms with Gasteiger partial charge in [-0.05, 0) is 53.9 Å². The van der Waals surface area contributed by atoms with E-state index >= 15 is 0 Å². The maximum Gasteiger partial charge on any atom is 0.307 e. The quantitative estimate of drug-likeness (QED) is 0.879. The predicted molar refractivity (Wildman–Crippen MR) is 83.3 cm³/mol. The molecule has 112 valence electrons. The number of halogens is 1. The Hall–Kier alpha value is -1.60. The number of benzene rings is 1. The van der Waals surface area contributed by atoms with Crippen molar-refractivity contribution in [1.29, 1.82) is 0 Å². The molecule has 2 rings (SSSR count). The Labute approximate surface area is 131 Å². The minimum absolute atomic E-state index is 0.0805. The van der Waals surface area contributed by atoms with Crippen molar-refractivity contribution in [2.75, 3.05) is 0 Å². The highest BCUT2D eigenvalue weighted by Crippen LogP contribution is 2.25. The van der Waals surface area contributed by atoms with Crippen LogP contribution in [0.1, 0.15) is 16.7 Å². The van der Waals surface area contributed by atoms with E-state index in [1.54, 1.807) is 26.0 Å². The van der Waals surface area contributed by atoms with Crippen molar-refractivity contribution >= 4 is 26.0 Å². The monoisotopic (exact) mass is 371 g/mol. The first-order valence-electron chi connectivity index (χ1n) is 6.10. The van der Waals surface area contributed by atoms with Crippen LogP contribution < -0.4 is 5.56 Å². The van der Waals surface area contributed by atoms with Gasteiger partial charge in [0, 0.05) is 6.20 Å². The second-order valence-corrected chi connectivity index (χ2v) is 7.45. The molecule has 0 saturated carbocycles. The third-order valence-corrected chi connectivity index (χ3v) is 5.71. The van der Waals surface area contributed by atoms with E-state index in [0.717, 1.165) is 11.8 Å². The summed E-state index contributed by atoms with van der Waals surface area (Å²) in [5, 5.41) is 9.64. The molecule has 0 aliphatic carbocycles. The van der Waals surface area contributed by atoms with Gasteiger partial charge in [-0.3, -0.25) is 4.79 Å². The van der Waals surface area contributed by atoms with Gasteiger partial charge in [0.2, 0.25) is 0 Å². The molecule has 5 nitrogen and oxygen atoms in total. The highest BCUT2D eigenvalue weighted by atomic mass is 79.9. The summed E-state index contributed by atoms with van der Waals surface area (Å²) < 4.78 is 26.1. The second-order valence-electron chi connectivity index (χ2n) is 4.85. The van der Waals surface area contributed by atoms with Crippen LogP contribution in [-0.4, -0.2) is 17.5 Å². The van der Waals surface area contributed by atoms with Gasteiger partial charge in [0.1, 0.15) is 0 Å². The van der Waals surface area contributed by atoms with Crippen molar-refractivity contribution in [1.82, 2.24) is 3.97 Å². The van der Waals surface area contributed by atoms with Gasteiger partial charge in [-0.25, -0.2) is 12.4 Å².